The second-order valence-corrected chi connectivity index (χ2v) is 11.5. The first kappa shape index (κ1) is 26.3. The smallest absolute Gasteiger partial charge is 0.382 e. The number of rotatable bonds is 10. The lowest BCUT2D eigenvalue weighted by atomic mass is 9.84. The van der Waals surface area contributed by atoms with E-state index in [0.29, 0.717) is 18.0 Å². The first-order valence-corrected chi connectivity index (χ1v) is 14.0. The third-order valence-electron chi connectivity index (χ3n) is 6.96. The Bertz CT molecular complexity index is 832. The van der Waals surface area contributed by atoms with Gasteiger partial charge in [-0.25, -0.2) is 13.1 Å². The number of sulfonamides is 1. The molecule has 0 unspecified atom stereocenters. The molecule has 0 amide bonds. The molecule has 188 valence electrons. The number of hydrogen-bond donors (Lipinski definition) is 2. The third-order valence-corrected chi connectivity index (χ3v) is 8.48. The lowest BCUT2D eigenvalue weighted by Gasteiger charge is -2.35. The van der Waals surface area contributed by atoms with E-state index in [9.17, 15) is 21.6 Å². The highest BCUT2D eigenvalue weighted by Gasteiger charge is 2.31. The van der Waals surface area contributed by atoms with Crippen molar-refractivity contribution in [2.75, 3.05) is 30.7 Å². The molecule has 33 heavy (non-hydrogen) atoms. The Labute approximate surface area is 196 Å². The van der Waals surface area contributed by atoms with Crippen LogP contribution >= 0.6 is 0 Å². The van der Waals surface area contributed by atoms with Crippen LogP contribution in [0.5, 0.6) is 0 Å². The maximum Gasteiger partial charge on any atom is 0.416 e. The lowest BCUT2D eigenvalue weighted by Crippen LogP contribution is -2.41. The molecule has 1 aliphatic heterocycles. The monoisotopic (exact) mass is 489 g/mol. The number of unbranched alkanes of at least 4 members (excludes halogenated alkanes) is 1. The van der Waals surface area contributed by atoms with Crippen molar-refractivity contribution >= 4 is 15.7 Å². The van der Waals surface area contributed by atoms with E-state index in [1.54, 1.807) is 6.07 Å². The van der Waals surface area contributed by atoms with Crippen LogP contribution in [0, 0.1) is 5.92 Å². The van der Waals surface area contributed by atoms with Gasteiger partial charge >= 0.3 is 6.18 Å². The molecular weight excluding hydrogens is 451 g/mol. The topological polar surface area (TPSA) is 61.4 Å². The van der Waals surface area contributed by atoms with E-state index in [0.717, 1.165) is 77.1 Å². The molecule has 5 nitrogen and oxygen atoms in total. The molecule has 2 fully saturated rings. The van der Waals surface area contributed by atoms with Crippen molar-refractivity contribution in [2.45, 2.75) is 83.0 Å². The van der Waals surface area contributed by atoms with Crippen LogP contribution in [0.4, 0.5) is 18.9 Å². The van der Waals surface area contributed by atoms with Crippen LogP contribution in [0.1, 0.15) is 70.3 Å². The third kappa shape index (κ3) is 8.76. The summed E-state index contributed by atoms with van der Waals surface area (Å²) in [6.45, 7) is 4.93. The van der Waals surface area contributed by atoms with Gasteiger partial charge < -0.3 is 10.2 Å². The maximum atomic E-state index is 12.9. The zero-order valence-corrected chi connectivity index (χ0v) is 20.4. The van der Waals surface area contributed by atoms with Crippen LogP contribution in [0.3, 0.4) is 0 Å². The Morgan fingerprint density at radius 2 is 1.73 bits per heavy atom. The number of hydrogen-bond acceptors (Lipinski definition) is 4. The summed E-state index contributed by atoms with van der Waals surface area (Å²) in [6.07, 6.45) is 4.19. The van der Waals surface area contributed by atoms with Crippen molar-refractivity contribution in [3.8, 4) is 0 Å². The van der Waals surface area contributed by atoms with E-state index < -0.39 is 21.8 Å². The highest BCUT2D eigenvalue weighted by molar-refractivity contribution is 7.89. The predicted molar refractivity (Wildman–Crippen MR) is 127 cm³/mol. The first-order chi connectivity index (χ1) is 15.6. The van der Waals surface area contributed by atoms with Crippen LogP contribution < -0.4 is 10.0 Å². The minimum Gasteiger partial charge on any atom is -0.382 e. The fraction of sp³-hybridized carbons (Fsp3) is 0.750. The Morgan fingerprint density at radius 3 is 2.36 bits per heavy atom. The van der Waals surface area contributed by atoms with Gasteiger partial charge in [0.2, 0.25) is 10.0 Å². The normalized spacial score (nSPS) is 23.5. The van der Waals surface area contributed by atoms with Crippen molar-refractivity contribution in [1.82, 2.24) is 9.62 Å². The summed E-state index contributed by atoms with van der Waals surface area (Å²) >= 11 is 0. The molecule has 9 heteroatoms. The van der Waals surface area contributed by atoms with Gasteiger partial charge in [-0.2, -0.15) is 13.2 Å². The first-order valence-electron chi connectivity index (χ1n) is 12.3. The van der Waals surface area contributed by atoms with Crippen molar-refractivity contribution < 1.29 is 21.6 Å². The molecule has 1 aromatic rings. The van der Waals surface area contributed by atoms with Gasteiger partial charge in [0.1, 0.15) is 0 Å². The Morgan fingerprint density at radius 1 is 1.03 bits per heavy atom. The van der Waals surface area contributed by atoms with Gasteiger partial charge in [0.05, 0.1) is 11.3 Å². The number of halogens is 3. The zero-order chi connectivity index (χ0) is 23.9. The molecule has 1 aliphatic carbocycles. The maximum absolute atomic E-state index is 12.9. The van der Waals surface area contributed by atoms with E-state index in [2.05, 4.69) is 14.9 Å². The van der Waals surface area contributed by atoms with Gasteiger partial charge in [0.15, 0.2) is 0 Å². The SMILES string of the molecule is CCCCS(=O)(=O)NC1CCC(CCN2CCC(Nc3cccc(C(F)(F)F)c3)CC2)CC1. The average Bonchev–Trinajstić information content (AvgIpc) is 2.78. The molecule has 1 saturated carbocycles. The molecule has 1 heterocycles. The number of nitrogens with zero attached hydrogens (tertiary/aromatic N) is 1. The van der Waals surface area contributed by atoms with Gasteiger partial charge in [-0.3, -0.25) is 0 Å². The van der Waals surface area contributed by atoms with Crippen molar-refractivity contribution in [2.24, 2.45) is 5.92 Å². The van der Waals surface area contributed by atoms with Crippen LogP contribution in [0.2, 0.25) is 0 Å². The lowest BCUT2D eigenvalue weighted by molar-refractivity contribution is -0.137. The summed E-state index contributed by atoms with van der Waals surface area (Å²) in [5, 5.41) is 3.27. The van der Waals surface area contributed by atoms with E-state index in [1.807, 2.05) is 6.92 Å². The molecular formula is C24H38F3N3O2S. The Kier molecular flexibility index (Phi) is 9.47. The second kappa shape index (κ2) is 11.9. The fourth-order valence-corrected chi connectivity index (χ4v) is 6.43. The van der Waals surface area contributed by atoms with E-state index in [4.69, 9.17) is 0 Å². The van der Waals surface area contributed by atoms with Crippen molar-refractivity contribution in [1.29, 1.82) is 0 Å². The van der Waals surface area contributed by atoms with E-state index in [1.165, 1.54) is 12.1 Å². The molecule has 2 aliphatic rings. The van der Waals surface area contributed by atoms with Gasteiger partial charge in [0, 0.05) is 30.9 Å². The van der Waals surface area contributed by atoms with Crippen LogP contribution in [-0.4, -0.2) is 50.8 Å². The van der Waals surface area contributed by atoms with Crippen LogP contribution in [-0.2, 0) is 16.2 Å². The van der Waals surface area contributed by atoms with Gasteiger partial charge in [0.25, 0.3) is 0 Å². The highest BCUT2D eigenvalue weighted by atomic mass is 32.2. The van der Waals surface area contributed by atoms with Gasteiger partial charge in [-0.15, -0.1) is 0 Å². The standard InChI is InChI=1S/C24H38F3N3O2S/c1-2-3-17-33(31,32)29-22-9-7-19(8-10-22)11-14-30-15-12-21(13-16-30)28-23-6-4-5-20(18-23)24(25,26)27/h4-6,18-19,21-22,28-29H,2-3,7-17H2,1H3. The van der Waals surface area contributed by atoms with E-state index in [-0.39, 0.29) is 17.8 Å². The Balaban J connectivity index is 1.33. The summed E-state index contributed by atoms with van der Waals surface area (Å²) in [5.74, 6) is 0.865. The fourth-order valence-electron chi connectivity index (χ4n) is 4.90. The summed E-state index contributed by atoms with van der Waals surface area (Å²) < 4.78 is 65.8. The molecule has 0 bridgehead atoms. The number of nitrogens with one attached hydrogen (secondary N) is 2. The summed E-state index contributed by atoms with van der Waals surface area (Å²) in [6, 6.07) is 5.71. The van der Waals surface area contributed by atoms with Crippen LogP contribution in [0.25, 0.3) is 0 Å². The predicted octanol–water partition coefficient (Wildman–Crippen LogP) is 5.25. The van der Waals surface area contributed by atoms with Crippen LogP contribution in [0.15, 0.2) is 24.3 Å². The molecule has 0 spiro atoms. The number of benzene rings is 1. The Hall–Kier alpha value is -1.32. The zero-order valence-electron chi connectivity index (χ0n) is 19.5. The molecule has 0 aromatic heterocycles. The molecule has 1 aromatic carbocycles. The van der Waals surface area contributed by atoms with Crippen molar-refractivity contribution in [3.63, 3.8) is 0 Å². The number of anilines is 1. The largest absolute Gasteiger partial charge is 0.416 e. The second-order valence-electron chi connectivity index (χ2n) is 9.64. The number of likely N-dealkylation sites (tertiary alicyclic amines) is 1. The minimum atomic E-state index is -4.32. The summed E-state index contributed by atoms with van der Waals surface area (Å²) in [7, 11) is -3.15. The van der Waals surface area contributed by atoms with Gasteiger partial charge in [-0.1, -0.05) is 19.4 Å². The van der Waals surface area contributed by atoms with E-state index >= 15 is 0 Å². The molecule has 3 rings (SSSR count). The molecule has 2 N–H and O–H groups in total. The molecule has 0 radical (unpaired) electrons. The molecule has 1 saturated heterocycles. The van der Waals surface area contributed by atoms with Crippen molar-refractivity contribution in [3.05, 3.63) is 29.8 Å². The highest BCUT2D eigenvalue weighted by Crippen LogP contribution is 2.31. The minimum absolute atomic E-state index is 0.0840. The average molecular weight is 490 g/mol. The summed E-state index contributed by atoms with van der Waals surface area (Å²) in [5.41, 5.74) is -0.0845. The molecule has 0 atom stereocenters. The number of piperidine rings is 1. The number of alkyl halides is 3. The van der Waals surface area contributed by atoms with Gasteiger partial charge in [-0.05, 0) is 82.0 Å². The quantitative estimate of drug-likeness (QED) is 0.471. The summed E-state index contributed by atoms with van der Waals surface area (Å²) in [4.78, 5) is 2.45.